The zero-order valence-electron chi connectivity index (χ0n) is 8.60. The van der Waals surface area contributed by atoms with E-state index in [4.69, 9.17) is 11.1 Å². The highest BCUT2D eigenvalue weighted by Crippen LogP contribution is 2.21. The second-order valence-corrected chi connectivity index (χ2v) is 4.21. The largest absolute Gasteiger partial charge is 0.384 e. The van der Waals surface area contributed by atoms with Crippen LogP contribution in [0.15, 0.2) is 28.4 Å². The number of aryl methyl sites for hydroxylation is 1. The van der Waals surface area contributed by atoms with Crippen LogP contribution in [0.1, 0.15) is 5.56 Å². The van der Waals surface area contributed by atoms with E-state index >= 15 is 0 Å². The summed E-state index contributed by atoms with van der Waals surface area (Å²) in [6, 6.07) is 5.36. The van der Waals surface area contributed by atoms with Crippen LogP contribution in [0.2, 0.25) is 0 Å². The number of hydrogen-bond donors (Lipinski definition) is 2. The van der Waals surface area contributed by atoms with Crippen molar-refractivity contribution in [1.82, 2.24) is 9.78 Å². The van der Waals surface area contributed by atoms with E-state index in [1.165, 1.54) is 16.0 Å². The van der Waals surface area contributed by atoms with Crippen LogP contribution in [0.25, 0.3) is 10.6 Å². The van der Waals surface area contributed by atoms with E-state index in [0.29, 0.717) is 5.69 Å². The second-order valence-electron chi connectivity index (χ2n) is 3.26. The Hall–Kier alpha value is -1.95. The number of nitrogens with two attached hydrogens (primary N) is 1. The lowest BCUT2D eigenvalue weighted by Crippen LogP contribution is -2.29. The highest BCUT2D eigenvalue weighted by molar-refractivity contribution is 7.13. The zero-order chi connectivity index (χ0) is 11.7. The summed E-state index contributed by atoms with van der Waals surface area (Å²) in [5, 5.41) is 13.4. The number of thiophene rings is 1. The molecule has 82 valence electrons. The maximum atomic E-state index is 11.6. The van der Waals surface area contributed by atoms with Gasteiger partial charge in [0.1, 0.15) is 11.5 Å². The van der Waals surface area contributed by atoms with E-state index in [-0.39, 0.29) is 17.0 Å². The third-order valence-electron chi connectivity index (χ3n) is 2.13. The fourth-order valence-corrected chi connectivity index (χ4v) is 2.03. The molecule has 5 nitrogen and oxygen atoms in total. The Balaban J connectivity index is 2.67. The van der Waals surface area contributed by atoms with Crippen LogP contribution in [0, 0.1) is 5.41 Å². The minimum atomic E-state index is -0.354. The molecule has 0 atom stereocenters. The van der Waals surface area contributed by atoms with Crippen molar-refractivity contribution in [2.75, 3.05) is 0 Å². The molecule has 6 heteroatoms. The lowest BCUT2D eigenvalue weighted by molar-refractivity contribution is 0.710. The van der Waals surface area contributed by atoms with Crippen LogP contribution in [-0.2, 0) is 7.05 Å². The highest BCUT2D eigenvalue weighted by atomic mass is 32.1. The van der Waals surface area contributed by atoms with E-state index < -0.39 is 0 Å². The topological polar surface area (TPSA) is 84.8 Å². The molecule has 0 radical (unpaired) electrons. The molecule has 0 fully saturated rings. The number of rotatable bonds is 2. The van der Waals surface area contributed by atoms with Crippen molar-refractivity contribution in [3.63, 3.8) is 0 Å². The molecule has 0 aromatic carbocycles. The van der Waals surface area contributed by atoms with Crippen molar-refractivity contribution in [2.45, 2.75) is 0 Å². The smallest absolute Gasteiger partial charge is 0.277 e. The van der Waals surface area contributed by atoms with Gasteiger partial charge in [-0.25, -0.2) is 4.68 Å². The van der Waals surface area contributed by atoms with E-state index in [0.717, 1.165) is 4.88 Å². The van der Waals surface area contributed by atoms with E-state index in [9.17, 15) is 4.79 Å². The van der Waals surface area contributed by atoms with Gasteiger partial charge >= 0.3 is 0 Å². The van der Waals surface area contributed by atoms with Crippen LogP contribution in [0.4, 0.5) is 0 Å². The minimum Gasteiger partial charge on any atom is -0.384 e. The predicted octanol–water partition coefficient (Wildman–Crippen LogP) is 0.793. The molecule has 0 saturated carbocycles. The second kappa shape index (κ2) is 3.90. The molecule has 2 aromatic rings. The number of nitrogens with one attached hydrogen (secondary N) is 1. The molecule has 0 spiro atoms. The summed E-state index contributed by atoms with van der Waals surface area (Å²) in [6.07, 6.45) is 0. The molecule has 0 aliphatic heterocycles. The third kappa shape index (κ3) is 1.74. The van der Waals surface area contributed by atoms with Gasteiger partial charge in [-0.3, -0.25) is 10.2 Å². The molecule has 0 bridgehead atoms. The Kier molecular flexibility index (Phi) is 2.57. The Morgan fingerprint density at radius 1 is 1.62 bits per heavy atom. The van der Waals surface area contributed by atoms with Gasteiger partial charge in [0.25, 0.3) is 5.56 Å². The van der Waals surface area contributed by atoms with Gasteiger partial charge in [0.2, 0.25) is 0 Å². The van der Waals surface area contributed by atoms with Crippen molar-refractivity contribution in [3.8, 4) is 10.6 Å². The lowest BCUT2D eigenvalue weighted by atomic mass is 10.2. The average molecular weight is 234 g/mol. The first-order valence-electron chi connectivity index (χ1n) is 4.56. The first kappa shape index (κ1) is 10.6. The summed E-state index contributed by atoms with van der Waals surface area (Å²) in [6.45, 7) is 0. The maximum absolute atomic E-state index is 11.6. The molecule has 2 heterocycles. The number of aromatic nitrogens is 2. The van der Waals surface area contributed by atoms with Gasteiger partial charge in [-0.05, 0) is 17.5 Å². The van der Waals surface area contributed by atoms with Gasteiger partial charge in [-0.15, -0.1) is 11.3 Å². The molecule has 2 rings (SSSR count). The normalized spacial score (nSPS) is 10.3. The SMILES string of the molecule is Cn1nc(-c2cccs2)cc(C(=N)N)c1=O. The standard InChI is InChI=1S/C10H10N4OS/c1-14-10(15)6(9(11)12)5-7(13-14)8-3-2-4-16-8/h2-5H,1H3,(H3,11,12). The molecule has 0 aliphatic rings. The Bertz CT molecular complexity index is 585. The quantitative estimate of drug-likeness (QED) is 0.595. The molecule has 3 N–H and O–H groups in total. The minimum absolute atomic E-state index is 0.181. The number of nitrogen functional groups attached to an aromatic ring is 1. The van der Waals surface area contributed by atoms with Crippen molar-refractivity contribution in [3.05, 3.63) is 39.5 Å². The Labute approximate surface area is 95.7 Å². The third-order valence-corrected chi connectivity index (χ3v) is 3.02. The summed E-state index contributed by atoms with van der Waals surface area (Å²) < 4.78 is 1.20. The molecule has 0 aliphatic carbocycles. The van der Waals surface area contributed by atoms with E-state index in [2.05, 4.69) is 5.10 Å². The number of hydrogen-bond acceptors (Lipinski definition) is 4. The molecular formula is C10H10N4OS. The Morgan fingerprint density at radius 2 is 2.38 bits per heavy atom. The first-order chi connectivity index (χ1) is 7.59. The fourth-order valence-electron chi connectivity index (χ4n) is 1.35. The molecule has 0 unspecified atom stereocenters. The number of nitrogens with zero attached hydrogens (tertiary/aromatic N) is 2. The molecule has 2 aromatic heterocycles. The molecule has 0 saturated heterocycles. The van der Waals surface area contributed by atoms with Crippen molar-refractivity contribution < 1.29 is 0 Å². The monoisotopic (exact) mass is 234 g/mol. The average Bonchev–Trinajstić information content (AvgIpc) is 2.74. The summed E-state index contributed by atoms with van der Waals surface area (Å²) in [7, 11) is 1.55. The Morgan fingerprint density at radius 3 is 2.94 bits per heavy atom. The van der Waals surface area contributed by atoms with Gasteiger partial charge in [-0.2, -0.15) is 5.10 Å². The van der Waals surface area contributed by atoms with Crippen LogP contribution >= 0.6 is 11.3 Å². The highest BCUT2D eigenvalue weighted by Gasteiger charge is 2.10. The number of amidine groups is 1. The van der Waals surface area contributed by atoms with Gasteiger partial charge in [-0.1, -0.05) is 6.07 Å². The summed E-state index contributed by atoms with van der Waals surface area (Å²) >= 11 is 1.52. The van der Waals surface area contributed by atoms with E-state index in [1.54, 1.807) is 13.1 Å². The lowest BCUT2D eigenvalue weighted by Gasteiger charge is -2.04. The summed E-state index contributed by atoms with van der Waals surface area (Å²) in [5.74, 6) is -0.235. The van der Waals surface area contributed by atoms with Crippen LogP contribution in [-0.4, -0.2) is 15.6 Å². The van der Waals surface area contributed by atoms with Crippen molar-refractivity contribution in [1.29, 1.82) is 5.41 Å². The molecular weight excluding hydrogens is 224 g/mol. The van der Waals surface area contributed by atoms with Gasteiger partial charge < -0.3 is 5.73 Å². The first-order valence-corrected chi connectivity index (χ1v) is 5.44. The van der Waals surface area contributed by atoms with E-state index in [1.807, 2.05) is 17.5 Å². The van der Waals surface area contributed by atoms with Gasteiger partial charge in [0.05, 0.1) is 10.4 Å². The molecule has 0 amide bonds. The fraction of sp³-hybridized carbons (Fsp3) is 0.100. The van der Waals surface area contributed by atoms with Crippen LogP contribution in [0.5, 0.6) is 0 Å². The van der Waals surface area contributed by atoms with Crippen molar-refractivity contribution >= 4 is 17.2 Å². The van der Waals surface area contributed by atoms with Crippen molar-refractivity contribution in [2.24, 2.45) is 12.8 Å². The maximum Gasteiger partial charge on any atom is 0.277 e. The molecule has 16 heavy (non-hydrogen) atoms. The zero-order valence-corrected chi connectivity index (χ0v) is 9.41. The van der Waals surface area contributed by atoms with Gasteiger partial charge in [0.15, 0.2) is 0 Å². The van der Waals surface area contributed by atoms with Gasteiger partial charge in [0, 0.05) is 7.05 Å². The predicted molar refractivity (Wildman–Crippen MR) is 63.8 cm³/mol. The van der Waals surface area contributed by atoms with Crippen LogP contribution < -0.4 is 11.3 Å². The van der Waals surface area contributed by atoms with Crippen LogP contribution in [0.3, 0.4) is 0 Å². The summed E-state index contributed by atoms with van der Waals surface area (Å²) in [5.41, 5.74) is 5.83. The summed E-state index contributed by atoms with van der Waals surface area (Å²) in [4.78, 5) is 12.6.